The number of rotatable bonds is 5. The van der Waals surface area contributed by atoms with Crippen LogP contribution in [0.1, 0.15) is 29.3 Å². The lowest BCUT2D eigenvalue weighted by Gasteiger charge is -2.23. The lowest BCUT2D eigenvalue weighted by atomic mass is 10.1. The molecule has 4 rings (SSSR count). The minimum atomic E-state index is -0.773. The van der Waals surface area contributed by atoms with E-state index in [0.717, 1.165) is 20.9 Å². The summed E-state index contributed by atoms with van der Waals surface area (Å²) in [5, 5.41) is 7.28. The van der Waals surface area contributed by atoms with E-state index in [9.17, 15) is 14.4 Å². The first-order valence-electron chi connectivity index (χ1n) is 9.26. The fraction of sp³-hybridized carbons (Fsp3) is 0.316. The van der Waals surface area contributed by atoms with Gasteiger partial charge in [0.05, 0.1) is 5.25 Å². The Morgan fingerprint density at radius 3 is 2.65 bits per heavy atom. The van der Waals surface area contributed by atoms with Gasteiger partial charge in [0.15, 0.2) is 17.3 Å². The largest absolute Gasteiger partial charge is 0.485 e. The summed E-state index contributed by atoms with van der Waals surface area (Å²) >= 11 is 0.973. The zero-order valence-corrected chi connectivity index (χ0v) is 17.7. The van der Waals surface area contributed by atoms with Crippen LogP contribution in [-0.4, -0.2) is 37.0 Å². The van der Waals surface area contributed by atoms with E-state index in [1.807, 2.05) is 12.1 Å². The molecule has 1 aliphatic heterocycles. The second kappa shape index (κ2) is 7.95. The third kappa shape index (κ3) is 3.69. The number of anilines is 1. The highest BCUT2D eigenvalue weighted by atomic mass is 32.2. The summed E-state index contributed by atoms with van der Waals surface area (Å²) in [7, 11) is 2.67. The summed E-state index contributed by atoms with van der Waals surface area (Å²) in [6.07, 6.45) is -0.589. The van der Waals surface area contributed by atoms with Gasteiger partial charge in [0.2, 0.25) is 6.10 Å². The number of nitrogen functional groups attached to an aromatic ring is 1. The van der Waals surface area contributed by atoms with Crippen LogP contribution in [0.5, 0.6) is 11.5 Å². The lowest BCUT2D eigenvalue weighted by Crippen LogP contribution is -2.42. The number of para-hydroxylation sites is 2. The molecule has 0 aliphatic carbocycles. The molecule has 2 aromatic heterocycles. The van der Waals surface area contributed by atoms with Crippen molar-refractivity contribution in [3.8, 4) is 11.5 Å². The van der Waals surface area contributed by atoms with Crippen molar-refractivity contribution in [2.45, 2.75) is 23.5 Å². The average Bonchev–Trinajstić information content (AvgIpc) is 3.24. The number of carbonyl (C=O) groups excluding carboxylic acids is 1. The van der Waals surface area contributed by atoms with Gasteiger partial charge < -0.3 is 19.6 Å². The number of nitrogens with two attached hydrogens (primary N) is 1. The molecule has 0 saturated carbocycles. The number of thioether (sulfide) groups is 1. The fourth-order valence-electron chi connectivity index (χ4n) is 3.04. The minimum Gasteiger partial charge on any atom is -0.485 e. The molecule has 31 heavy (non-hydrogen) atoms. The van der Waals surface area contributed by atoms with Crippen LogP contribution in [0.2, 0.25) is 0 Å². The van der Waals surface area contributed by atoms with Gasteiger partial charge in [0.25, 0.3) is 16.7 Å². The van der Waals surface area contributed by atoms with Crippen molar-refractivity contribution < 1.29 is 18.7 Å². The van der Waals surface area contributed by atoms with E-state index in [0.29, 0.717) is 11.5 Å². The van der Waals surface area contributed by atoms with Gasteiger partial charge in [-0.15, -0.1) is 10.2 Å². The van der Waals surface area contributed by atoms with Crippen LogP contribution >= 0.6 is 11.8 Å². The van der Waals surface area contributed by atoms with Gasteiger partial charge in [-0.25, -0.2) is 4.79 Å². The highest BCUT2D eigenvalue weighted by molar-refractivity contribution is 8.00. The molecule has 0 radical (unpaired) electrons. The third-order valence-electron chi connectivity index (χ3n) is 4.81. The molecule has 3 heterocycles. The van der Waals surface area contributed by atoms with Crippen LogP contribution in [0.3, 0.4) is 0 Å². The molecule has 0 fully saturated rings. The Hall–Kier alpha value is -3.54. The standard InChI is InChI=1S/C19H19N5O6S/c1-9(14(25)13-15(20)23(2)19(27)24(3)17(13)26)31-18-22-21-16(30-18)12-8-28-10-6-4-5-7-11(10)29-12/h4-7,9,12H,8,20H2,1-3H3. The summed E-state index contributed by atoms with van der Waals surface area (Å²) in [5.74, 6) is 0.654. The van der Waals surface area contributed by atoms with Gasteiger partial charge in [0, 0.05) is 14.1 Å². The summed E-state index contributed by atoms with van der Waals surface area (Å²) in [5.41, 5.74) is 4.24. The fourth-order valence-corrected chi connectivity index (χ4v) is 3.79. The van der Waals surface area contributed by atoms with Crippen molar-refractivity contribution in [1.29, 1.82) is 0 Å². The topological polar surface area (TPSA) is 144 Å². The average molecular weight is 445 g/mol. The Morgan fingerprint density at radius 1 is 1.19 bits per heavy atom. The Bertz CT molecular complexity index is 1280. The number of hydrogen-bond donors (Lipinski definition) is 1. The number of aromatic nitrogens is 4. The van der Waals surface area contributed by atoms with Gasteiger partial charge in [-0.1, -0.05) is 23.9 Å². The van der Waals surface area contributed by atoms with Crippen molar-refractivity contribution >= 4 is 23.4 Å². The third-order valence-corrected chi connectivity index (χ3v) is 5.74. The van der Waals surface area contributed by atoms with Gasteiger partial charge in [-0.3, -0.25) is 18.7 Å². The van der Waals surface area contributed by atoms with Gasteiger partial charge >= 0.3 is 5.69 Å². The zero-order chi connectivity index (χ0) is 22.3. The highest BCUT2D eigenvalue weighted by Gasteiger charge is 2.30. The van der Waals surface area contributed by atoms with Crippen molar-refractivity contribution in [3.05, 3.63) is 56.6 Å². The highest BCUT2D eigenvalue weighted by Crippen LogP contribution is 2.36. The second-order valence-electron chi connectivity index (χ2n) is 6.86. The Morgan fingerprint density at radius 2 is 1.90 bits per heavy atom. The number of hydrogen-bond acceptors (Lipinski definition) is 10. The Labute approximate surface area is 179 Å². The van der Waals surface area contributed by atoms with E-state index < -0.39 is 28.4 Å². The van der Waals surface area contributed by atoms with Gasteiger partial charge in [0.1, 0.15) is 18.0 Å². The number of fused-ring (bicyclic) bond motifs is 1. The summed E-state index contributed by atoms with van der Waals surface area (Å²) in [6.45, 7) is 1.78. The number of ketones is 1. The van der Waals surface area contributed by atoms with Crippen LogP contribution in [0, 0.1) is 0 Å². The van der Waals surface area contributed by atoms with Crippen LogP contribution in [-0.2, 0) is 14.1 Å². The van der Waals surface area contributed by atoms with Crippen molar-refractivity contribution in [1.82, 2.24) is 19.3 Å². The molecule has 11 nitrogen and oxygen atoms in total. The molecule has 3 aromatic rings. The van der Waals surface area contributed by atoms with Crippen LogP contribution < -0.4 is 26.5 Å². The first kappa shape index (κ1) is 20.7. The van der Waals surface area contributed by atoms with Crippen LogP contribution in [0.4, 0.5) is 5.82 Å². The summed E-state index contributed by atoms with van der Waals surface area (Å²) in [6, 6.07) is 7.23. The zero-order valence-electron chi connectivity index (χ0n) is 16.9. The van der Waals surface area contributed by atoms with Crippen molar-refractivity contribution in [2.24, 2.45) is 14.1 Å². The molecule has 0 bridgehead atoms. The molecule has 1 aromatic carbocycles. The molecule has 0 saturated heterocycles. The number of benzene rings is 1. The number of ether oxygens (including phenoxy) is 2. The van der Waals surface area contributed by atoms with Crippen LogP contribution in [0.25, 0.3) is 0 Å². The van der Waals surface area contributed by atoms with E-state index in [1.54, 1.807) is 19.1 Å². The molecule has 0 amide bonds. The monoisotopic (exact) mass is 445 g/mol. The van der Waals surface area contributed by atoms with E-state index in [1.165, 1.54) is 14.1 Å². The number of carbonyl (C=O) groups is 1. The molecule has 0 spiro atoms. The van der Waals surface area contributed by atoms with Crippen molar-refractivity contribution in [2.75, 3.05) is 12.3 Å². The summed E-state index contributed by atoms with van der Waals surface area (Å²) in [4.78, 5) is 37.3. The minimum absolute atomic E-state index is 0.124. The second-order valence-corrected chi connectivity index (χ2v) is 8.15. The van der Waals surface area contributed by atoms with Gasteiger partial charge in [-0.05, 0) is 19.1 Å². The van der Waals surface area contributed by atoms with E-state index >= 15 is 0 Å². The van der Waals surface area contributed by atoms with Gasteiger partial charge in [-0.2, -0.15) is 0 Å². The summed E-state index contributed by atoms with van der Waals surface area (Å²) < 4.78 is 19.0. The molecule has 2 unspecified atom stereocenters. The normalized spacial score (nSPS) is 16.2. The Kier molecular flexibility index (Phi) is 5.31. The SMILES string of the molecule is CC(Sc1nnc(C2COc3ccccc3O2)o1)C(=O)c1c(N)n(C)c(=O)n(C)c1=O. The van der Waals surface area contributed by atoms with E-state index in [4.69, 9.17) is 19.6 Å². The maximum Gasteiger partial charge on any atom is 0.332 e. The molecule has 2 N–H and O–H groups in total. The molecule has 162 valence electrons. The quantitative estimate of drug-likeness (QED) is 0.444. The lowest BCUT2D eigenvalue weighted by molar-refractivity contribution is 0.0686. The molecule has 1 aliphatic rings. The maximum atomic E-state index is 12.9. The predicted molar refractivity (Wildman–Crippen MR) is 111 cm³/mol. The molecular formula is C19H19N5O6S. The first-order chi connectivity index (χ1) is 14.8. The molecule has 12 heteroatoms. The van der Waals surface area contributed by atoms with E-state index in [2.05, 4.69) is 10.2 Å². The smallest absolute Gasteiger partial charge is 0.332 e. The molecular weight excluding hydrogens is 426 g/mol. The maximum absolute atomic E-state index is 12.9. The Balaban J connectivity index is 1.52. The van der Waals surface area contributed by atoms with E-state index in [-0.39, 0.29) is 29.1 Å². The first-order valence-corrected chi connectivity index (χ1v) is 10.1. The van der Waals surface area contributed by atoms with Crippen LogP contribution in [0.15, 0.2) is 43.5 Å². The number of nitrogens with zero attached hydrogens (tertiary/aromatic N) is 4. The number of Topliss-reactive ketones (excluding diaryl/α,β-unsaturated/α-hetero) is 1. The van der Waals surface area contributed by atoms with Crippen molar-refractivity contribution in [3.63, 3.8) is 0 Å². The predicted octanol–water partition coefficient (Wildman–Crippen LogP) is 0.925. The molecule has 2 atom stereocenters.